The SMILES string of the molecule is O=C(/N=[S-](=O)/c1cc2c(s1)CCNC2)Nc1c2c(cc3c1CC3)CCC2. The number of hydrogen-bond acceptors (Lipinski definition) is 5. The third kappa shape index (κ3) is 2.78. The van der Waals surface area contributed by atoms with Crippen LogP contribution in [0.1, 0.15) is 39.1 Å². The number of thiophene rings is 1. The predicted molar refractivity (Wildman–Crippen MR) is 103 cm³/mol. The molecular weight excluding hydrogens is 366 g/mol. The molecule has 26 heavy (non-hydrogen) atoms. The van der Waals surface area contributed by atoms with Gasteiger partial charge < -0.3 is 19.2 Å². The van der Waals surface area contributed by atoms with E-state index in [0.717, 1.165) is 57.3 Å². The van der Waals surface area contributed by atoms with Crippen LogP contribution in [0.5, 0.6) is 0 Å². The van der Waals surface area contributed by atoms with E-state index in [9.17, 15) is 9.00 Å². The first-order valence-electron chi connectivity index (χ1n) is 9.12. The molecule has 2 aliphatic carbocycles. The molecule has 1 aromatic heterocycles. The van der Waals surface area contributed by atoms with E-state index >= 15 is 0 Å². The van der Waals surface area contributed by atoms with Gasteiger partial charge in [0.1, 0.15) is 0 Å². The van der Waals surface area contributed by atoms with Gasteiger partial charge in [-0.25, -0.2) is 4.79 Å². The number of urea groups is 1. The van der Waals surface area contributed by atoms with Crippen molar-refractivity contribution < 1.29 is 9.00 Å². The molecule has 5 rings (SSSR count). The Hall–Kier alpha value is -1.70. The number of carbonyl (C=O) groups excluding carboxylic acids is 1. The summed E-state index contributed by atoms with van der Waals surface area (Å²) in [4.78, 5) is 13.7. The molecule has 2 aromatic rings. The van der Waals surface area contributed by atoms with Crippen LogP contribution in [-0.2, 0) is 53.5 Å². The van der Waals surface area contributed by atoms with Gasteiger partial charge >= 0.3 is 6.03 Å². The summed E-state index contributed by atoms with van der Waals surface area (Å²) in [7, 11) is -1.64. The second-order valence-corrected chi connectivity index (χ2v) is 9.61. The number of amides is 2. The van der Waals surface area contributed by atoms with Gasteiger partial charge in [-0.05, 0) is 70.6 Å². The zero-order valence-corrected chi connectivity index (χ0v) is 16.0. The Labute approximate surface area is 158 Å². The van der Waals surface area contributed by atoms with Crippen molar-refractivity contribution in [2.45, 2.75) is 49.3 Å². The van der Waals surface area contributed by atoms with Crippen LogP contribution >= 0.6 is 11.3 Å². The van der Waals surface area contributed by atoms with Crippen LogP contribution < -0.4 is 10.6 Å². The summed E-state index contributed by atoms with van der Waals surface area (Å²) in [5.41, 5.74) is 7.34. The summed E-state index contributed by atoms with van der Waals surface area (Å²) < 4.78 is 17.1. The molecular formula is C19H20N3O2S2-. The first kappa shape index (κ1) is 16.5. The van der Waals surface area contributed by atoms with E-state index in [1.54, 1.807) is 0 Å². The molecule has 0 fully saturated rings. The summed E-state index contributed by atoms with van der Waals surface area (Å²) in [5.74, 6) is 0. The standard InChI is InChI=1S/C19H20N3O2S2/c23-19(22-26(24)17-9-13-10-20-7-6-16(13)25-17)21-18-14-3-1-2-11(14)8-12-4-5-15(12)18/h8-9,20H,1-7,10H2,(H,21,23)/q-1. The lowest BCUT2D eigenvalue weighted by molar-refractivity contribution is 0.260. The van der Waals surface area contributed by atoms with Gasteiger partial charge in [-0.1, -0.05) is 12.1 Å². The van der Waals surface area contributed by atoms with Crippen molar-refractivity contribution in [3.63, 3.8) is 0 Å². The maximum atomic E-state index is 12.5. The fourth-order valence-corrected chi connectivity index (χ4v) is 6.29. The maximum Gasteiger partial charge on any atom is 0.322 e. The van der Waals surface area contributed by atoms with Crippen molar-refractivity contribution in [3.05, 3.63) is 44.8 Å². The second kappa shape index (κ2) is 6.48. The van der Waals surface area contributed by atoms with Gasteiger partial charge in [0, 0.05) is 23.7 Å². The molecule has 7 heteroatoms. The third-order valence-corrected chi connectivity index (χ3v) is 8.04. The number of nitrogens with zero attached hydrogens (tertiary/aromatic N) is 1. The zero-order chi connectivity index (χ0) is 17.7. The van der Waals surface area contributed by atoms with Crippen molar-refractivity contribution in [3.8, 4) is 0 Å². The first-order valence-corrected chi connectivity index (χ1v) is 11.0. The Bertz CT molecular complexity index is 979. The van der Waals surface area contributed by atoms with Gasteiger partial charge in [-0.2, -0.15) is 11.3 Å². The Morgan fingerprint density at radius 1 is 1.08 bits per heavy atom. The Balaban J connectivity index is 1.41. The summed E-state index contributed by atoms with van der Waals surface area (Å²) in [6.07, 6.45) is 6.27. The molecule has 3 aliphatic rings. The summed E-state index contributed by atoms with van der Waals surface area (Å²) in [5, 5.41) is 6.26. The Morgan fingerprint density at radius 2 is 1.92 bits per heavy atom. The van der Waals surface area contributed by atoms with Crippen LogP contribution in [0.4, 0.5) is 10.5 Å². The van der Waals surface area contributed by atoms with Crippen LogP contribution in [0.3, 0.4) is 0 Å². The molecule has 136 valence electrons. The molecule has 0 radical (unpaired) electrons. The average Bonchev–Trinajstić information content (AvgIpc) is 3.24. The second-order valence-electron chi connectivity index (χ2n) is 7.09. The number of hydrogen-bond donors (Lipinski definition) is 2. The largest absolute Gasteiger partial charge is 0.439 e. The van der Waals surface area contributed by atoms with Gasteiger partial charge in [0.05, 0.1) is 0 Å². The minimum absolute atomic E-state index is 0.498. The number of carbonyl (C=O) groups is 1. The number of rotatable bonds is 2. The molecule has 0 saturated carbocycles. The lowest BCUT2D eigenvalue weighted by atomic mass is 9.83. The van der Waals surface area contributed by atoms with Crippen LogP contribution in [0.25, 0.3) is 0 Å². The number of anilines is 1. The highest BCUT2D eigenvalue weighted by Crippen LogP contribution is 2.39. The lowest BCUT2D eigenvalue weighted by Crippen LogP contribution is -2.21. The zero-order valence-electron chi connectivity index (χ0n) is 14.4. The number of fused-ring (bicyclic) bond motifs is 3. The lowest BCUT2D eigenvalue weighted by Gasteiger charge is -2.25. The molecule has 5 nitrogen and oxygen atoms in total. The van der Waals surface area contributed by atoms with E-state index in [2.05, 4.69) is 21.1 Å². The minimum Gasteiger partial charge on any atom is -0.439 e. The van der Waals surface area contributed by atoms with E-state index in [0.29, 0.717) is 4.21 Å². The van der Waals surface area contributed by atoms with Gasteiger partial charge in [0.15, 0.2) is 0 Å². The Morgan fingerprint density at radius 3 is 2.73 bits per heavy atom. The molecule has 2 N–H and O–H groups in total. The van der Waals surface area contributed by atoms with E-state index in [4.69, 9.17) is 0 Å². The van der Waals surface area contributed by atoms with Gasteiger partial charge in [0.25, 0.3) is 0 Å². The molecule has 0 spiro atoms. The predicted octanol–water partition coefficient (Wildman–Crippen LogP) is 3.72. The number of aryl methyl sites for hydroxylation is 2. The van der Waals surface area contributed by atoms with Gasteiger partial charge in [0.2, 0.25) is 0 Å². The summed E-state index contributed by atoms with van der Waals surface area (Å²) >= 11 is 1.51. The molecule has 0 unspecified atom stereocenters. The smallest absolute Gasteiger partial charge is 0.322 e. The van der Waals surface area contributed by atoms with Crippen molar-refractivity contribution in [1.82, 2.24) is 5.32 Å². The fourth-order valence-electron chi connectivity index (χ4n) is 4.16. The molecule has 2 heterocycles. The van der Waals surface area contributed by atoms with Gasteiger partial charge in [-0.3, -0.25) is 0 Å². The summed E-state index contributed by atoms with van der Waals surface area (Å²) in [6.45, 7) is 1.75. The van der Waals surface area contributed by atoms with Gasteiger partial charge in [-0.15, -0.1) is 10.6 Å². The third-order valence-electron chi connectivity index (χ3n) is 5.53. The highest BCUT2D eigenvalue weighted by Gasteiger charge is 2.26. The maximum absolute atomic E-state index is 12.5. The van der Waals surface area contributed by atoms with Crippen LogP contribution in [-0.4, -0.2) is 12.6 Å². The van der Waals surface area contributed by atoms with Crippen molar-refractivity contribution in [2.24, 2.45) is 4.36 Å². The quantitative estimate of drug-likeness (QED) is 0.773. The minimum atomic E-state index is -1.64. The molecule has 2 amide bonds. The Kier molecular flexibility index (Phi) is 4.10. The van der Waals surface area contributed by atoms with Crippen LogP contribution in [0.2, 0.25) is 0 Å². The molecule has 1 aromatic carbocycles. The molecule has 0 saturated heterocycles. The van der Waals surface area contributed by atoms with Crippen molar-refractivity contribution in [2.75, 3.05) is 11.9 Å². The van der Waals surface area contributed by atoms with Crippen LogP contribution in [0, 0.1) is 0 Å². The van der Waals surface area contributed by atoms with E-state index < -0.39 is 16.6 Å². The van der Waals surface area contributed by atoms with Crippen molar-refractivity contribution >= 4 is 33.7 Å². The number of benzene rings is 1. The average molecular weight is 387 g/mol. The van der Waals surface area contributed by atoms with E-state index in [1.807, 2.05) is 6.07 Å². The highest BCUT2D eigenvalue weighted by molar-refractivity contribution is 7.78. The molecule has 0 bridgehead atoms. The normalized spacial score (nSPS) is 18.6. The highest BCUT2D eigenvalue weighted by atomic mass is 32.2. The summed E-state index contributed by atoms with van der Waals surface area (Å²) in [6, 6.07) is 3.73. The van der Waals surface area contributed by atoms with E-state index in [-0.39, 0.29) is 0 Å². The van der Waals surface area contributed by atoms with Crippen LogP contribution in [0.15, 0.2) is 20.7 Å². The van der Waals surface area contributed by atoms with E-state index in [1.165, 1.54) is 44.0 Å². The molecule has 1 aliphatic heterocycles. The monoisotopic (exact) mass is 386 g/mol. The number of nitrogens with one attached hydrogen (secondary N) is 2. The fraction of sp³-hybridized carbons (Fsp3) is 0.421. The molecule has 0 atom stereocenters. The first-order chi connectivity index (χ1) is 12.7. The topological polar surface area (TPSA) is 70.6 Å². The van der Waals surface area contributed by atoms with Crippen molar-refractivity contribution in [1.29, 1.82) is 0 Å².